The molecule has 0 amide bonds. The number of aromatic hydroxyl groups is 2. The third-order valence-corrected chi connectivity index (χ3v) is 4.17. The third kappa shape index (κ3) is 2.37. The lowest BCUT2D eigenvalue weighted by Crippen LogP contribution is -2.07. The minimum atomic E-state index is -0.176. The molecule has 0 bridgehead atoms. The zero-order valence-corrected chi connectivity index (χ0v) is 13.2. The topological polar surface area (TPSA) is 70.7 Å². The van der Waals surface area contributed by atoms with Crippen molar-refractivity contribution in [2.75, 3.05) is 0 Å². The smallest absolute Gasteiger partial charge is 0.196 e. The standard InChI is InChI=1S/C16H11IO4/c1-8-15(20)11-7-10(18)3-5-14(11)21-16(8)9-2-4-13(19)12(17)6-9/h2-7,18-19H,1H3. The molecule has 2 N–H and O–H groups in total. The van der Waals surface area contributed by atoms with Crippen LogP contribution in [0.3, 0.4) is 0 Å². The average molecular weight is 394 g/mol. The number of hydrogen-bond acceptors (Lipinski definition) is 4. The molecule has 2 aromatic carbocycles. The Morgan fingerprint density at radius 2 is 1.86 bits per heavy atom. The molecule has 0 fully saturated rings. The van der Waals surface area contributed by atoms with Gasteiger partial charge in [-0.25, -0.2) is 0 Å². The van der Waals surface area contributed by atoms with Crippen LogP contribution in [0.15, 0.2) is 45.6 Å². The van der Waals surface area contributed by atoms with Gasteiger partial charge >= 0.3 is 0 Å². The number of phenols is 2. The number of halogens is 1. The van der Waals surface area contributed by atoms with Crippen LogP contribution < -0.4 is 5.43 Å². The fourth-order valence-corrected chi connectivity index (χ4v) is 2.71. The highest BCUT2D eigenvalue weighted by molar-refractivity contribution is 14.1. The molecule has 0 aliphatic rings. The largest absolute Gasteiger partial charge is 0.508 e. The monoisotopic (exact) mass is 394 g/mol. The lowest BCUT2D eigenvalue weighted by Gasteiger charge is -2.08. The van der Waals surface area contributed by atoms with Crippen molar-refractivity contribution in [2.24, 2.45) is 0 Å². The Bertz CT molecular complexity index is 912. The summed E-state index contributed by atoms with van der Waals surface area (Å²) < 4.78 is 6.49. The van der Waals surface area contributed by atoms with Crippen LogP contribution in [0, 0.1) is 10.5 Å². The van der Waals surface area contributed by atoms with E-state index in [0.717, 1.165) is 5.56 Å². The van der Waals surface area contributed by atoms with Crippen LogP contribution in [0.4, 0.5) is 0 Å². The molecular weight excluding hydrogens is 383 g/mol. The predicted molar refractivity (Wildman–Crippen MR) is 88.7 cm³/mol. The lowest BCUT2D eigenvalue weighted by molar-refractivity contribution is 0.471. The summed E-state index contributed by atoms with van der Waals surface area (Å²) in [7, 11) is 0. The molecule has 0 atom stereocenters. The Kier molecular flexibility index (Phi) is 3.36. The molecule has 4 nitrogen and oxygen atoms in total. The van der Waals surface area contributed by atoms with Gasteiger partial charge in [0.15, 0.2) is 5.43 Å². The van der Waals surface area contributed by atoms with E-state index < -0.39 is 0 Å². The van der Waals surface area contributed by atoms with E-state index in [1.807, 2.05) is 22.6 Å². The van der Waals surface area contributed by atoms with Gasteiger partial charge in [-0.1, -0.05) is 0 Å². The molecule has 106 valence electrons. The quantitative estimate of drug-likeness (QED) is 0.617. The van der Waals surface area contributed by atoms with Gasteiger partial charge in [0.2, 0.25) is 0 Å². The molecule has 21 heavy (non-hydrogen) atoms. The van der Waals surface area contributed by atoms with Crippen molar-refractivity contribution in [2.45, 2.75) is 6.92 Å². The number of rotatable bonds is 1. The summed E-state index contributed by atoms with van der Waals surface area (Å²) >= 11 is 2.02. The normalized spacial score (nSPS) is 11.0. The van der Waals surface area contributed by atoms with Gasteiger partial charge in [-0.3, -0.25) is 4.79 Å². The second-order valence-corrected chi connectivity index (χ2v) is 5.89. The zero-order chi connectivity index (χ0) is 15.1. The van der Waals surface area contributed by atoms with E-state index in [9.17, 15) is 15.0 Å². The maximum absolute atomic E-state index is 12.4. The van der Waals surface area contributed by atoms with Crippen molar-refractivity contribution in [3.05, 3.63) is 55.8 Å². The molecule has 0 saturated heterocycles. The van der Waals surface area contributed by atoms with E-state index in [1.54, 1.807) is 31.2 Å². The summed E-state index contributed by atoms with van der Waals surface area (Å²) in [5.41, 5.74) is 1.43. The maximum Gasteiger partial charge on any atom is 0.196 e. The highest BCUT2D eigenvalue weighted by atomic mass is 127. The Labute approximate surface area is 133 Å². The first-order valence-electron chi connectivity index (χ1n) is 6.22. The highest BCUT2D eigenvalue weighted by Gasteiger charge is 2.14. The van der Waals surface area contributed by atoms with Gasteiger partial charge in [0.05, 0.1) is 8.96 Å². The molecule has 1 aromatic heterocycles. The summed E-state index contributed by atoms with van der Waals surface area (Å²) in [5.74, 6) is 0.683. The molecule has 3 rings (SSSR count). The lowest BCUT2D eigenvalue weighted by atomic mass is 10.1. The summed E-state index contributed by atoms with van der Waals surface area (Å²) in [6.45, 7) is 1.68. The van der Waals surface area contributed by atoms with Gasteiger partial charge in [-0.2, -0.15) is 0 Å². The molecule has 0 radical (unpaired) electrons. The van der Waals surface area contributed by atoms with E-state index in [2.05, 4.69) is 0 Å². The van der Waals surface area contributed by atoms with Crippen molar-refractivity contribution in [1.29, 1.82) is 0 Å². The summed E-state index contributed by atoms with van der Waals surface area (Å²) in [6, 6.07) is 9.48. The van der Waals surface area contributed by atoms with Crippen molar-refractivity contribution >= 4 is 33.6 Å². The molecule has 0 aliphatic carbocycles. The Hall–Kier alpha value is -2.02. The van der Waals surface area contributed by atoms with Gasteiger partial charge in [-0.15, -0.1) is 0 Å². The van der Waals surface area contributed by atoms with E-state index in [-0.39, 0.29) is 16.9 Å². The summed E-state index contributed by atoms with van der Waals surface area (Å²) in [6.07, 6.45) is 0. The van der Waals surface area contributed by atoms with E-state index in [0.29, 0.717) is 25.9 Å². The second-order valence-electron chi connectivity index (χ2n) is 4.73. The van der Waals surface area contributed by atoms with Crippen LogP contribution in [0.5, 0.6) is 11.5 Å². The maximum atomic E-state index is 12.4. The molecular formula is C16H11IO4. The Balaban J connectivity index is 2.33. The van der Waals surface area contributed by atoms with Crippen molar-refractivity contribution in [3.8, 4) is 22.8 Å². The molecule has 0 unspecified atom stereocenters. The van der Waals surface area contributed by atoms with Crippen LogP contribution in [0.2, 0.25) is 0 Å². The van der Waals surface area contributed by atoms with Crippen LogP contribution in [-0.2, 0) is 0 Å². The SMILES string of the molecule is Cc1c(-c2ccc(O)c(I)c2)oc2ccc(O)cc2c1=O. The number of fused-ring (bicyclic) bond motifs is 1. The fourth-order valence-electron chi connectivity index (χ4n) is 2.20. The molecule has 5 heteroatoms. The van der Waals surface area contributed by atoms with Crippen LogP contribution in [0.25, 0.3) is 22.3 Å². The fraction of sp³-hybridized carbons (Fsp3) is 0.0625. The van der Waals surface area contributed by atoms with Gasteiger partial charge in [-0.05, 0) is 65.9 Å². The molecule has 3 aromatic rings. The van der Waals surface area contributed by atoms with Crippen LogP contribution >= 0.6 is 22.6 Å². The first-order valence-corrected chi connectivity index (χ1v) is 7.30. The van der Waals surface area contributed by atoms with E-state index in [1.165, 1.54) is 12.1 Å². The van der Waals surface area contributed by atoms with E-state index >= 15 is 0 Å². The number of benzene rings is 2. The Morgan fingerprint density at radius 1 is 1.10 bits per heavy atom. The predicted octanol–water partition coefficient (Wildman–Crippen LogP) is 3.78. The van der Waals surface area contributed by atoms with Gasteiger partial charge in [0, 0.05) is 11.1 Å². The third-order valence-electron chi connectivity index (χ3n) is 3.31. The first-order chi connectivity index (χ1) is 9.97. The van der Waals surface area contributed by atoms with Gasteiger partial charge in [0.25, 0.3) is 0 Å². The Morgan fingerprint density at radius 3 is 2.57 bits per heavy atom. The highest BCUT2D eigenvalue weighted by Crippen LogP contribution is 2.30. The summed E-state index contributed by atoms with van der Waals surface area (Å²) in [4.78, 5) is 12.4. The van der Waals surface area contributed by atoms with Crippen LogP contribution in [0.1, 0.15) is 5.56 Å². The number of hydrogen-bond donors (Lipinski definition) is 2. The first kappa shape index (κ1) is 13.9. The molecule has 1 heterocycles. The molecule has 0 aliphatic heterocycles. The van der Waals surface area contributed by atoms with Crippen molar-refractivity contribution in [1.82, 2.24) is 0 Å². The summed E-state index contributed by atoms with van der Waals surface area (Å²) in [5, 5.41) is 19.4. The van der Waals surface area contributed by atoms with E-state index in [4.69, 9.17) is 4.42 Å². The van der Waals surface area contributed by atoms with Gasteiger partial charge < -0.3 is 14.6 Å². The molecule has 0 saturated carbocycles. The molecule has 0 spiro atoms. The zero-order valence-electron chi connectivity index (χ0n) is 11.1. The van der Waals surface area contributed by atoms with Crippen molar-refractivity contribution < 1.29 is 14.6 Å². The average Bonchev–Trinajstić information content (AvgIpc) is 2.46. The number of phenolic OH excluding ortho intramolecular Hbond substituents is 2. The van der Waals surface area contributed by atoms with Crippen molar-refractivity contribution in [3.63, 3.8) is 0 Å². The minimum Gasteiger partial charge on any atom is -0.508 e. The second kappa shape index (κ2) is 5.07. The van der Waals surface area contributed by atoms with Crippen LogP contribution in [-0.4, -0.2) is 10.2 Å². The van der Waals surface area contributed by atoms with Gasteiger partial charge in [0.1, 0.15) is 22.8 Å². The minimum absolute atomic E-state index is 0.0288.